The van der Waals surface area contributed by atoms with Crippen molar-refractivity contribution in [3.8, 4) is 0 Å². The fraction of sp³-hybridized carbons (Fsp3) is 0.613. The summed E-state index contributed by atoms with van der Waals surface area (Å²) in [5.41, 5.74) is 3.82. The van der Waals surface area contributed by atoms with Gasteiger partial charge in [0.2, 0.25) is 5.91 Å². The molecule has 1 saturated heterocycles. The number of benzene rings is 1. The van der Waals surface area contributed by atoms with Crippen LogP contribution in [0.2, 0.25) is 0 Å². The number of aromatic nitrogens is 1. The Labute approximate surface area is 223 Å². The van der Waals surface area contributed by atoms with E-state index < -0.39 is 5.92 Å². The maximum Gasteiger partial charge on any atom is 0.272 e. The van der Waals surface area contributed by atoms with E-state index in [1.54, 1.807) is 6.07 Å². The van der Waals surface area contributed by atoms with E-state index in [9.17, 15) is 13.6 Å². The normalized spacial score (nSPS) is 30.3. The van der Waals surface area contributed by atoms with Crippen molar-refractivity contribution < 1.29 is 18.3 Å². The zero-order chi connectivity index (χ0) is 26.1. The van der Waals surface area contributed by atoms with E-state index in [1.807, 2.05) is 4.90 Å². The summed E-state index contributed by atoms with van der Waals surface area (Å²) in [5, 5.41) is 0. The second kappa shape index (κ2) is 8.82. The van der Waals surface area contributed by atoms with Crippen molar-refractivity contribution >= 4 is 5.91 Å². The monoisotopic (exact) mass is 521 g/mol. The minimum Gasteiger partial charge on any atom is -0.365 e. The van der Waals surface area contributed by atoms with Crippen LogP contribution in [0.5, 0.6) is 0 Å². The number of hydrogen-bond donors (Lipinski definition) is 0. The van der Waals surface area contributed by atoms with Crippen LogP contribution in [0.3, 0.4) is 0 Å². The summed E-state index contributed by atoms with van der Waals surface area (Å²) in [4.78, 5) is 23.1. The van der Waals surface area contributed by atoms with Gasteiger partial charge in [0.25, 0.3) is 5.92 Å². The molecule has 1 aromatic heterocycles. The zero-order valence-corrected chi connectivity index (χ0v) is 22.2. The molecule has 1 spiro atoms. The highest BCUT2D eigenvalue weighted by molar-refractivity contribution is 5.84. The fourth-order valence-electron chi connectivity index (χ4n) is 8.44. The quantitative estimate of drug-likeness (QED) is 0.532. The van der Waals surface area contributed by atoms with E-state index >= 15 is 0 Å². The van der Waals surface area contributed by atoms with Crippen molar-refractivity contribution in [3.05, 3.63) is 64.5 Å². The number of piperidine rings is 1. The molecule has 2 unspecified atom stereocenters. The smallest absolute Gasteiger partial charge is 0.272 e. The number of fused-ring (bicyclic) bond motifs is 4. The molecular weight excluding hydrogens is 484 g/mol. The maximum atomic E-state index is 14.2. The molecule has 5 aliphatic rings. The number of ether oxygens (including phenoxy) is 1. The third-order valence-corrected chi connectivity index (χ3v) is 10.5. The van der Waals surface area contributed by atoms with Crippen LogP contribution in [0.25, 0.3) is 0 Å². The lowest BCUT2D eigenvalue weighted by Crippen LogP contribution is -2.48. The second-order valence-corrected chi connectivity index (χ2v) is 12.5. The number of pyridine rings is 1. The van der Waals surface area contributed by atoms with Crippen LogP contribution in [-0.4, -0.2) is 46.4 Å². The van der Waals surface area contributed by atoms with Gasteiger partial charge in [-0.25, -0.2) is 8.78 Å². The Morgan fingerprint density at radius 1 is 1.13 bits per heavy atom. The van der Waals surface area contributed by atoms with Gasteiger partial charge in [-0.3, -0.25) is 9.78 Å². The van der Waals surface area contributed by atoms with Crippen LogP contribution >= 0.6 is 0 Å². The van der Waals surface area contributed by atoms with E-state index in [0.717, 1.165) is 76.2 Å². The van der Waals surface area contributed by atoms with Crippen LogP contribution < -0.4 is 0 Å². The van der Waals surface area contributed by atoms with Crippen molar-refractivity contribution in [1.29, 1.82) is 0 Å². The molecule has 0 bridgehead atoms. The lowest BCUT2D eigenvalue weighted by Gasteiger charge is -2.42. The number of halogens is 2. The third-order valence-electron chi connectivity index (χ3n) is 10.5. The van der Waals surface area contributed by atoms with Crippen molar-refractivity contribution in [2.75, 3.05) is 19.6 Å². The first-order valence-corrected chi connectivity index (χ1v) is 14.4. The van der Waals surface area contributed by atoms with Gasteiger partial charge < -0.3 is 14.5 Å². The van der Waals surface area contributed by atoms with Crippen molar-refractivity contribution in [1.82, 2.24) is 14.8 Å². The highest BCUT2D eigenvalue weighted by Gasteiger charge is 2.57. The summed E-state index contributed by atoms with van der Waals surface area (Å²) in [6.45, 7) is 4.66. The molecule has 4 heterocycles. The maximum absolute atomic E-state index is 14.2. The Balaban J connectivity index is 1.06. The average Bonchev–Trinajstić information content (AvgIpc) is 3.60. The van der Waals surface area contributed by atoms with Gasteiger partial charge in [0.1, 0.15) is 0 Å². The molecule has 3 aliphatic heterocycles. The second-order valence-electron chi connectivity index (χ2n) is 12.5. The number of nitrogens with zero attached hydrogens (tertiary/aromatic N) is 3. The van der Waals surface area contributed by atoms with Gasteiger partial charge in [-0.15, -0.1) is 0 Å². The molecule has 1 aromatic carbocycles. The van der Waals surface area contributed by atoms with E-state index in [0.29, 0.717) is 38.1 Å². The Morgan fingerprint density at radius 2 is 1.95 bits per heavy atom. The van der Waals surface area contributed by atoms with Gasteiger partial charge in [-0.1, -0.05) is 30.7 Å². The molecule has 2 saturated carbocycles. The number of amides is 1. The summed E-state index contributed by atoms with van der Waals surface area (Å²) in [6, 6.07) is 10.6. The van der Waals surface area contributed by atoms with Gasteiger partial charge in [-0.05, 0) is 67.2 Å². The molecule has 2 aliphatic carbocycles. The van der Waals surface area contributed by atoms with Crippen LogP contribution in [0.15, 0.2) is 36.5 Å². The van der Waals surface area contributed by atoms with Gasteiger partial charge in [0.15, 0.2) is 0 Å². The third kappa shape index (κ3) is 3.83. The molecule has 0 N–H and O–H groups in total. The van der Waals surface area contributed by atoms with Crippen LogP contribution in [0, 0.1) is 11.3 Å². The number of rotatable bonds is 3. The van der Waals surface area contributed by atoms with Gasteiger partial charge >= 0.3 is 0 Å². The van der Waals surface area contributed by atoms with Crippen LogP contribution in [-0.2, 0) is 40.6 Å². The Bertz CT molecular complexity index is 1250. The molecule has 7 rings (SSSR count). The number of hydrogen-bond acceptors (Lipinski definition) is 4. The molecule has 2 aromatic rings. The molecular formula is C31H37F2N3O2. The van der Waals surface area contributed by atoms with Gasteiger partial charge in [0, 0.05) is 63.0 Å². The first-order valence-electron chi connectivity index (χ1n) is 14.4. The van der Waals surface area contributed by atoms with E-state index in [4.69, 9.17) is 4.74 Å². The first-order chi connectivity index (χ1) is 18.3. The SMILES string of the molecule is CC(F)(F)c1cnc2c(c1)CN(C(=O)C13CCCC1C[C@H](N1CCC4(CC1)OCc1ccccc14)C3)CC2. The standard InChI is InChI=1S/C31H37F2N3O2/c1-29(32,33)24-15-22-19-36(12-8-27(22)34-18-24)28(37)30-9-4-6-23(30)16-25(17-30)35-13-10-31(11-14-35)26-7-3-2-5-21(26)20-38-31/h2-3,5,7,15,18,23,25H,4,6,8-14,16-17,19-20H2,1H3/t23?,25-,30?/m0/s1. The molecule has 3 fully saturated rings. The van der Waals surface area contributed by atoms with Crippen molar-refractivity contribution in [2.24, 2.45) is 11.3 Å². The van der Waals surface area contributed by atoms with Crippen LogP contribution in [0.4, 0.5) is 8.78 Å². The molecule has 38 heavy (non-hydrogen) atoms. The first kappa shape index (κ1) is 24.6. The Kier molecular flexibility index (Phi) is 5.72. The summed E-state index contributed by atoms with van der Waals surface area (Å²) in [7, 11) is 0. The number of carbonyl (C=O) groups excluding carboxylic acids is 1. The minimum atomic E-state index is -2.93. The topological polar surface area (TPSA) is 45.7 Å². The van der Waals surface area contributed by atoms with Crippen molar-refractivity contribution in [2.45, 2.75) is 89.0 Å². The highest BCUT2D eigenvalue weighted by atomic mass is 19.3. The Morgan fingerprint density at radius 3 is 2.76 bits per heavy atom. The van der Waals surface area contributed by atoms with Crippen LogP contribution in [0.1, 0.15) is 79.8 Å². The number of carbonyl (C=O) groups is 1. The molecule has 1 amide bonds. The number of alkyl halides is 2. The minimum absolute atomic E-state index is 0.0693. The summed E-state index contributed by atoms with van der Waals surface area (Å²) >= 11 is 0. The van der Waals surface area contributed by atoms with E-state index in [1.165, 1.54) is 17.3 Å². The highest BCUT2D eigenvalue weighted by Crippen LogP contribution is 2.57. The summed E-state index contributed by atoms with van der Waals surface area (Å²) in [6.07, 6.45) is 9.14. The molecule has 202 valence electrons. The summed E-state index contributed by atoms with van der Waals surface area (Å²) < 4.78 is 34.3. The van der Waals surface area contributed by atoms with Crippen molar-refractivity contribution in [3.63, 3.8) is 0 Å². The Hall–Kier alpha value is -2.38. The predicted octanol–water partition coefficient (Wildman–Crippen LogP) is 5.55. The zero-order valence-electron chi connectivity index (χ0n) is 22.2. The van der Waals surface area contributed by atoms with Gasteiger partial charge in [0.05, 0.1) is 17.6 Å². The predicted molar refractivity (Wildman–Crippen MR) is 139 cm³/mol. The van der Waals surface area contributed by atoms with E-state index in [-0.39, 0.29) is 22.5 Å². The molecule has 7 heteroatoms. The fourth-order valence-corrected chi connectivity index (χ4v) is 8.44. The molecule has 3 atom stereocenters. The van der Waals surface area contributed by atoms with E-state index in [2.05, 4.69) is 34.1 Å². The molecule has 5 nitrogen and oxygen atoms in total. The summed E-state index contributed by atoms with van der Waals surface area (Å²) in [5.74, 6) is -2.26. The molecule has 0 radical (unpaired) electrons. The number of likely N-dealkylation sites (tertiary alicyclic amines) is 1. The lowest BCUT2D eigenvalue weighted by molar-refractivity contribution is -0.144. The lowest BCUT2D eigenvalue weighted by atomic mass is 9.78. The average molecular weight is 522 g/mol. The van der Waals surface area contributed by atoms with Gasteiger partial charge in [-0.2, -0.15) is 0 Å². The largest absolute Gasteiger partial charge is 0.365 e.